The number of hydrogen-bond donors (Lipinski definition) is 1. The number of anilines is 1. The molecule has 0 bridgehead atoms. The third kappa shape index (κ3) is 4.56. The fourth-order valence-corrected chi connectivity index (χ4v) is 2.61. The van der Waals surface area contributed by atoms with Gasteiger partial charge in [0.1, 0.15) is 11.9 Å². The lowest BCUT2D eigenvalue weighted by Crippen LogP contribution is -2.46. The summed E-state index contributed by atoms with van der Waals surface area (Å²) in [5.74, 6) is 0.209. The van der Waals surface area contributed by atoms with Gasteiger partial charge in [-0.2, -0.15) is 0 Å². The first-order valence-electron chi connectivity index (χ1n) is 7.98. The minimum atomic E-state index is -0.517. The van der Waals surface area contributed by atoms with E-state index in [9.17, 15) is 9.18 Å². The molecule has 25 heavy (non-hydrogen) atoms. The molecule has 3 rings (SSSR count). The van der Waals surface area contributed by atoms with Crippen LogP contribution in [0.4, 0.5) is 14.9 Å². The van der Waals surface area contributed by atoms with Crippen LogP contribution in [0.3, 0.4) is 0 Å². The molecule has 0 aliphatic carbocycles. The van der Waals surface area contributed by atoms with Gasteiger partial charge in [0.2, 0.25) is 0 Å². The Bertz CT molecular complexity index is 709. The molecule has 0 spiro atoms. The molecule has 2 amide bonds. The monoisotopic (exact) mass is 346 g/mol. The Morgan fingerprint density at radius 3 is 2.68 bits per heavy atom. The van der Waals surface area contributed by atoms with E-state index in [-0.39, 0.29) is 18.1 Å². The Labute approximate surface area is 144 Å². The topological polar surface area (TPSA) is 76.6 Å². The standard InChI is InChI=1S/C17H19FN4O3/c1-24-14-6-4-13(5-7-14)21-17(23)22-8-2-3-15(11-22)25-16-19-9-12(18)10-20-16/h4-7,9-10,15H,2-3,8,11H2,1H3,(H,21,23). The van der Waals surface area contributed by atoms with E-state index < -0.39 is 5.82 Å². The molecule has 0 radical (unpaired) electrons. The average Bonchev–Trinajstić information content (AvgIpc) is 2.64. The van der Waals surface area contributed by atoms with E-state index in [2.05, 4.69) is 15.3 Å². The second-order valence-electron chi connectivity index (χ2n) is 5.67. The lowest BCUT2D eigenvalue weighted by molar-refractivity contribution is 0.0981. The van der Waals surface area contributed by atoms with Crippen LogP contribution in [0.5, 0.6) is 11.8 Å². The number of amides is 2. The van der Waals surface area contributed by atoms with Gasteiger partial charge in [0.05, 0.1) is 26.0 Å². The van der Waals surface area contributed by atoms with Crippen LogP contribution < -0.4 is 14.8 Å². The lowest BCUT2D eigenvalue weighted by atomic mass is 10.1. The number of nitrogens with zero attached hydrogens (tertiary/aromatic N) is 3. The number of hydrogen-bond acceptors (Lipinski definition) is 5. The molecule has 1 aliphatic heterocycles. The number of carbonyl (C=O) groups excluding carboxylic acids is 1. The fraction of sp³-hybridized carbons (Fsp3) is 0.353. The summed E-state index contributed by atoms with van der Waals surface area (Å²) in [5, 5.41) is 2.85. The number of benzene rings is 1. The van der Waals surface area contributed by atoms with Crippen LogP contribution in [-0.4, -0.2) is 47.2 Å². The second kappa shape index (κ2) is 7.78. The Morgan fingerprint density at radius 1 is 1.28 bits per heavy atom. The summed E-state index contributed by atoms with van der Waals surface area (Å²) in [7, 11) is 1.59. The maximum Gasteiger partial charge on any atom is 0.321 e. The Morgan fingerprint density at radius 2 is 2.00 bits per heavy atom. The molecule has 1 fully saturated rings. The molecule has 1 aliphatic rings. The maximum atomic E-state index is 12.8. The van der Waals surface area contributed by atoms with Gasteiger partial charge in [-0.25, -0.2) is 19.2 Å². The van der Waals surface area contributed by atoms with Crippen LogP contribution in [0.2, 0.25) is 0 Å². The molecule has 2 heterocycles. The van der Waals surface area contributed by atoms with Crippen molar-refractivity contribution in [3.8, 4) is 11.8 Å². The Hall–Kier alpha value is -2.90. The van der Waals surface area contributed by atoms with E-state index >= 15 is 0 Å². The highest BCUT2D eigenvalue weighted by atomic mass is 19.1. The zero-order valence-electron chi connectivity index (χ0n) is 13.8. The van der Waals surface area contributed by atoms with Gasteiger partial charge in [0.15, 0.2) is 5.82 Å². The van der Waals surface area contributed by atoms with Crippen LogP contribution in [0, 0.1) is 5.82 Å². The van der Waals surface area contributed by atoms with Crippen molar-refractivity contribution < 1.29 is 18.7 Å². The molecular formula is C17H19FN4O3. The largest absolute Gasteiger partial charge is 0.497 e. The molecule has 1 atom stereocenters. The van der Waals surface area contributed by atoms with Gasteiger partial charge >= 0.3 is 12.0 Å². The third-order valence-electron chi connectivity index (χ3n) is 3.88. The molecule has 2 aromatic rings. The normalized spacial score (nSPS) is 17.0. The molecule has 1 aromatic heterocycles. The third-order valence-corrected chi connectivity index (χ3v) is 3.88. The summed E-state index contributed by atoms with van der Waals surface area (Å²) in [5.41, 5.74) is 0.690. The molecule has 1 N–H and O–H groups in total. The minimum Gasteiger partial charge on any atom is -0.497 e. The van der Waals surface area contributed by atoms with Crippen molar-refractivity contribution >= 4 is 11.7 Å². The predicted octanol–water partition coefficient (Wildman–Crippen LogP) is 2.70. The molecule has 132 valence electrons. The highest BCUT2D eigenvalue weighted by Gasteiger charge is 2.25. The highest BCUT2D eigenvalue weighted by molar-refractivity contribution is 5.89. The first-order chi connectivity index (χ1) is 12.1. The first kappa shape index (κ1) is 16.9. The Balaban J connectivity index is 1.56. The van der Waals surface area contributed by atoms with Crippen molar-refractivity contribution in [2.24, 2.45) is 0 Å². The van der Waals surface area contributed by atoms with E-state index in [4.69, 9.17) is 9.47 Å². The van der Waals surface area contributed by atoms with Gasteiger partial charge in [-0.3, -0.25) is 0 Å². The number of rotatable bonds is 4. The number of urea groups is 1. The van der Waals surface area contributed by atoms with Crippen LogP contribution in [0.15, 0.2) is 36.7 Å². The maximum absolute atomic E-state index is 12.8. The first-order valence-corrected chi connectivity index (χ1v) is 7.98. The van der Waals surface area contributed by atoms with Gasteiger partial charge in [-0.1, -0.05) is 0 Å². The summed E-state index contributed by atoms with van der Waals surface area (Å²) in [4.78, 5) is 21.7. The summed E-state index contributed by atoms with van der Waals surface area (Å²) in [6, 6.07) is 7.04. The number of nitrogens with one attached hydrogen (secondary N) is 1. The molecule has 1 saturated heterocycles. The summed E-state index contributed by atoms with van der Waals surface area (Å²) >= 11 is 0. The predicted molar refractivity (Wildman–Crippen MR) is 89.2 cm³/mol. The summed E-state index contributed by atoms with van der Waals surface area (Å²) in [6.07, 6.45) is 3.48. The minimum absolute atomic E-state index is 0.115. The Kier molecular flexibility index (Phi) is 5.27. The molecule has 1 aromatic carbocycles. The van der Waals surface area contributed by atoms with E-state index in [0.29, 0.717) is 18.8 Å². The van der Waals surface area contributed by atoms with Crippen LogP contribution >= 0.6 is 0 Å². The van der Waals surface area contributed by atoms with Crippen LogP contribution in [-0.2, 0) is 0 Å². The summed E-state index contributed by atoms with van der Waals surface area (Å²) in [6.45, 7) is 1.06. The number of likely N-dealkylation sites (tertiary alicyclic amines) is 1. The second-order valence-corrected chi connectivity index (χ2v) is 5.67. The molecular weight excluding hydrogens is 327 g/mol. The summed E-state index contributed by atoms with van der Waals surface area (Å²) < 4.78 is 23.6. The highest BCUT2D eigenvalue weighted by Crippen LogP contribution is 2.18. The smallest absolute Gasteiger partial charge is 0.321 e. The average molecular weight is 346 g/mol. The van der Waals surface area contributed by atoms with Crippen molar-refractivity contribution in [3.05, 3.63) is 42.5 Å². The number of carbonyl (C=O) groups is 1. The van der Waals surface area contributed by atoms with Crippen molar-refractivity contribution in [3.63, 3.8) is 0 Å². The van der Waals surface area contributed by atoms with Crippen LogP contribution in [0.1, 0.15) is 12.8 Å². The molecule has 1 unspecified atom stereocenters. The van der Waals surface area contributed by atoms with E-state index in [0.717, 1.165) is 31.0 Å². The molecule has 0 saturated carbocycles. The van der Waals surface area contributed by atoms with E-state index in [1.807, 2.05) is 0 Å². The van der Waals surface area contributed by atoms with E-state index in [1.165, 1.54) is 0 Å². The van der Waals surface area contributed by atoms with Gasteiger partial charge in [0, 0.05) is 12.2 Å². The number of piperidine rings is 1. The number of halogens is 1. The number of methoxy groups -OCH3 is 1. The van der Waals surface area contributed by atoms with E-state index in [1.54, 1.807) is 36.3 Å². The van der Waals surface area contributed by atoms with Crippen molar-refractivity contribution in [2.75, 3.05) is 25.5 Å². The van der Waals surface area contributed by atoms with Gasteiger partial charge in [0.25, 0.3) is 0 Å². The van der Waals surface area contributed by atoms with Crippen molar-refractivity contribution in [1.29, 1.82) is 0 Å². The fourth-order valence-electron chi connectivity index (χ4n) is 2.61. The van der Waals surface area contributed by atoms with Gasteiger partial charge < -0.3 is 19.7 Å². The lowest BCUT2D eigenvalue weighted by Gasteiger charge is -2.32. The number of ether oxygens (including phenoxy) is 2. The van der Waals surface area contributed by atoms with Crippen molar-refractivity contribution in [1.82, 2.24) is 14.9 Å². The number of aromatic nitrogens is 2. The molecule has 7 nitrogen and oxygen atoms in total. The van der Waals surface area contributed by atoms with Gasteiger partial charge in [-0.15, -0.1) is 0 Å². The van der Waals surface area contributed by atoms with Crippen LogP contribution in [0.25, 0.3) is 0 Å². The quantitative estimate of drug-likeness (QED) is 0.921. The zero-order valence-corrected chi connectivity index (χ0v) is 13.8. The zero-order chi connectivity index (χ0) is 17.6. The molecule has 8 heteroatoms. The van der Waals surface area contributed by atoms with Crippen molar-refractivity contribution in [2.45, 2.75) is 18.9 Å². The van der Waals surface area contributed by atoms with Gasteiger partial charge in [-0.05, 0) is 37.1 Å². The SMILES string of the molecule is COc1ccc(NC(=O)N2CCCC(Oc3ncc(F)cn3)C2)cc1.